The van der Waals surface area contributed by atoms with E-state index in [0.29, 0.717) is 22.8 Å². The largest absolute Gasteiger partial charge is 0.497 e. The minimum atomic E-state index is -0.404. The third-order valence-electron chi connectivity index (χ3n) is 5.48. The molecule has 0 bridgehead atoms. The molecule has 1 unspecified atom stereocenters. The highest BCUT2D eigenvalue weighted by Crippen LogP contribution is 2.22. The molecule has 3 aromatic carbocycles. The smallest absolute Gasteiger partial charge is 0.252 e. The van der Waals surface area contributed by atoms with Crippen LogP contribution in [0.1, 0.15) is 34.7 Å². The number of amides is 2. The van der Waals surface area contributed by atoms with E-state index in [1.54, 1.807) is 37.4 Å². The molecule has 0 saturated heterocycles. The normalized spacial score (nSPS) is 11.7. The zero-order valence-electron chi connectivity index (χ0n) is 18.8. The predicted octanol–water partition coefficient (Wildman–Crippen LogP) is 4.48. The van der Waals surface area contributed by atoms with Crippen LogP contribution in [0.3, 0.4) is 0 Å². The van der Waals surface area contributed by atoms with Crippen molar-refractivity contribution in [2.24, 2.45) is 0 Å². The standard InChI is InChI=1S/C26H26N4O3/c1-17-8-4-5-9-21(17)26(32)27-18(2)25-29-22-10-6-7-11-23(22)30(25)16-24(31)28-19-12-14-20(33-3)15-13-19/h4-15,18H,16H2,1-3H3,(H,27,32)(H,28,31). The number of para-hydroxylation sites is 2. The van der Waals surface area contributed by atoms with E-state index in [2.05, 4.69) is 10.6 Å². The number of hydrogen-bond donors (Lipinski definition) is 2. The molecule has 1 atom stereocenters. The van der Waals surface area contributed by atoms with E-state index in [9.17, 15) is 9.59 Å². The van der Waals surface area contributed by atoms with Gasteiger partial charge in [-0.15, -0.1) is 0 Å². The van der Waals surface area contributed by atoms with Gasteiger partial charge in [-0.1, -0.05) is 30.3 Å². The maximum atomic E-state index is 12.9. The first-order chi connectivity index (χ1) is 16.0. The Labute approximate surface area is 192 Å². The highest BCUT2D eigenvalue weighted by molar-refractivity contribution is 5.96. The van der Waals surface area contributed by atoms with E-state index in [0.717, 1.165) is 16.6 Å². The maximum Gasteiger partial charge on any atom is 0.252 e. The number of aryl methyl sites for hydroxylation is 1. The van der Waals surface area contributed by atoms with Crippen LogP contribution >= 0.6 is 0 Å². The number of nitrogens with zero attached hydrogens (tertiary/aromatic N) is 2. The van der Waals surface area contributed by atoms with Crippen molar-refractivity contribution < 1.29 is 14.3 Å². The second kappa shape index (κ2) is 9.56. The average molecular weight is 443 g/mol. The summed E-state index contributed by atoms with van der Waals surface area (Å²) >= 11 is 0. The summed E-state index contributed by atoms with van der Waals surface area (Å²) in [6.07, 6.45) is 0. The van der Waals surface area contributed by atoms with Crippen LogP contribution in [0.2, 0.25) is 0 Å². The molecule has 7 heteroatoms. The predicted molar refractivity (Wildman–Crippen MR) is 128 cm³/mol. The second-order valence-electron chi connectivity index (χ2n) is 7.83. The molecule has 7 nitrogen and oxygen atoms in total. The maximum absolute atomic E-state index is 12.9. The number of carbonyl (C=O) groups excluding carboxylic acids is 2. The Kier molecular flexibility index (Phi) is 6.40. The number of rotatable bonds is 7. The van der Waals surface area contributed by atoms with Crippen molar-refractivity contribution in [2.75, 3.05) is 12.4 Å². The van der Waals surface area contributed by atoms with Crippen LogP contribution in [0.4, 0.5) is 5.69 Å². The number of anilines is 1. The molecule has 2 amide bonds. The van der Waals surface area contributed by atoms with Crippen molar-refractivity contribution >= 4 is 28.5 Å². The summed E-state index contributed by atoms with van der Waals surface area (Å²) < 4.78 is 7.01. The molecule has 1 heterocycles. The van der Waals surface area contributed by atoms with Crippen molar-refractivity contribution in [3.8, 4) is 5.75 Å². The van der Waals surface area contributed by atoms with Crippen LogP contribution in [0, 0.1) is 6.92 Å². The number of imidazole rings is 1. The summed E-state index contributed by atoms with van der Waals surface area (Å²) in [7, 11) is 1.60. The number of benzene rings is 3. The van der Waals surface area contributed by atoms with E-state index in [4.69, 9.17) is 9.72 Å². The van der Waals surface area contributed by atoms with Crippen molar-refractivity contribution in [2.45, 2.75) is 26.4 Å². The molecule has 33 heavy (non-hydrogen) atoms. The first-order valence-electron chi connectivity index (χ1n) is 10.7. The number of carbonyl (C=O) groups is 2. The summed E-state index contributed by atoms with van der Waals surface area (Å²) in [6.45, 7) is 3.83. The zero-order valence-corrected chi connectivity index (χ0v) is 18.8. The molecule has 0 saturated carbocycles. The minimum absolute atomic E-state index is 0.0620. The van der Waals surface area contributed by atoms with Crippen LogP contribution in [0.25, 0.3) is 11.0 Å². The monoisotopic (exact) mass is 442 g/mol. The number of fused-ring (bicyclic) bond motifs is 1. The third-order valence-corrected chi connectivity index (χ3v) is 5.48. The molecule has 0 radical (unpaired) electrons. The SMILES string of the molecule is COc1ccc(NC(=O)Cn2c(C(C)NC(=O)c3ccccc3C)nc3ccccc32)cc1. The van der Waals surface area contributed by atoms with Gasteiger partial charge in [0.05, 0.1) is 24.2 Å². The van der Waals surface area contributed by atoms with Crippen molar-refractivity contribution in [1.82, 2.24) is 14.9 Å². The summed E-state index contributed by atoms with van der Waals surface area (Å²) in [5.74, 6) is 0.959. The Morgan fingerprint density at radius 3 is 2.42 bits per heavy atom. The van der Waals surface area contributed by atoms with Crippen LogP contribution in [0.15, 0.2) is 72.8 Å². The summed E-state index contributed by atoms with van der Waals surface area (Å²) in [5, 5.41) is 5.93. The second-order valence-corrected chi connectivity index (χ2v) is 7.83. The molecule has 0 spiro atoms. The van der Waals surface area contributed by atoms with Gasteiger partial charge >= 0.3 is 0 Å². The Morgan fingerprint density at radius 1 is 1.00 bits per heavy atom. The van der Waals surface area contributed by atoms with Crippen LogP contribution < -0.4 is 15.4 Å². The summed E-state index contributed by atoms with van der Waals surface area (Å²) in [5.41, 5.74) is 3.78. The lowest BCUT2D eigenvalue weighted by atomic mass is 10.1. The van der Waals surface area contributed by atoms with Crippen LogP contribution in [0.5, 0.6) is 5.75 Å². The highest BCUT2D eigenvalue weighted by Gasteiger charge is 2.21. The molecule has 0 fully saturated rings. The van der Waals surface area contributed by atoms with Crippen molar-refractivity contribution in [1.29, 1.82) is 0 Å². The fourth-order valence-electron chi connectivity index (χ4n) is 3.78. The lowest BCUT2D eigenvalue weighted by Gasteiger charge is -2.17. The van der Waals surface area contributed by atoms with Crippen molar-refractivity contribution in [3.63, 3.8) is 0 Å². The molecule has 0 aliphatic heterocycles. The van der Waals surface area contributed by atoms with Gasteiger partial charge in [-0.3, -0.25) is 9.59 Å². The van der Waals surface area contributed by atoms with Gasteiger partial charge in [0.25, 0.3) is 5.91 Å². The van der Waals surface area contributed by atoms with Gasteiger partial charge in [0.2, 0.25) is 5.91 Å². The molecule has 4 rings (SSSR count). The fourth-order valence-corrected chi connectivity index (χ4v) is 3.78. The molecule has 1 aromatic heterocycles. The number of ether oxygens (including phenoxy) is 1. The fraction of sp³-hybridized carbons (Fsp3) is 0.192. The molecular formula is C26H26N4O3. The molecule has 0 aliphatic carbocycles. The Balaban J connectivity index is 1.57. The van der Waals surface area contributed by atoms with Gasteiger partial charge in [-0.25, -0.2) is 4.98 Å². The van der Waals surface area contributed by atoms with Crippen LogP contribution in [-0.4, -0.2) is 28.5 Å². The van der Waals surface area contributed by atoms with Gasteiger partial charge in [0.15, 0.2) is 0 Å². The highest BCUT2D eigenvalue weighted by atomic mass is 16.5. The summed E-state index contributed by atoms with van der Waals surface area (Å²) in [6, 6.07) is 21.8. The number of aromatic nitrogens is 2. The van der Waals surface area contributed by atoms with E-state index < -0.39 is 6.04 Å². The van der Waals surface area contributed by atoms with E-state index >= 15 is 0 Å². The molecular weight excluding hydrogens is 416 g/mol. The van der Waals surface area contributed by atoms with Gasteiger partial charge in [-0.05, 0) is 61.9 Å². The molecule has 0 aliphatic rings. The van der Waals surface area contributed by atoms with E-state index in [-0.39, 0.29) is 18.4 Å². The average Bonchev–Trinajstić information content (AvgIpc) is 3.18. The summed E-state index contributed by atoms with van der Waals surface area (Å²) in [4.78, 5) is 30.4. The topological polar surface area (TPSA) is 85.2 Å². The zero-order chi connectivity index (χ0) is 23.4. The van der Waals surface area contributed by atoms with E-state index in [1.807, 2.05) is 60.9 Å². The Hall–Kier alpha value is -4.13. The van der Waals surface area contributed by atoms with Gasteiger partial charge in [-0.2, -0.15) is 0 Å². The Morgan fingerprint density at radius 2 is 1.70 bits per heavy atom. The number of nitrogens with one attached hydrogen (secondary N) is 2. The van der Waals surface area contributed by atoms with Gasteiger partial charge in [0.1, 0.15) is 18.1 Å². The number of hydrogen-bond acceptors (Lipinski definition) is 4. The lowest BCUT2D eigenvalue weighted by Crippen LogP contribution is -2.30. The molecule has 2 N–H and O–H groups in total. The Bertz CT molecular complexity index is 1290. The van der Waals surface area contributed by atoms with E-state index in [1.165, 1.54) is 0 Å². The first-order valence-corrected chi connectivity index (χ1v) is 10.7. The van der Waals surface area contributed by atoms with Gasteiger partial charge < -0.3 is 19.9 Å². The van der Waals surface area contributed by atoms with Gasteiger partial charge in [0, 0.05) is 11.3 Å². The molecule has 168 valence electrons. The number of methoxy groups -OCH3 is 1. The quantitative estimate of drug-likeness (QED) is 0.442. The first kappa shape index (κ1) is 22.1. The lowest BCUT2D eigenvalue weighted by molar-refractivity contribution is -0.116. The third kappa shape index (κ3) is 4.87. The molecule has 4 aromatic rings. The minimum Gasteiger partial charge on any atom is -0.497 e. The van der Waals surface area contributed by atoms with Crippen molar-refractivity contribution in [3.05, 3.63) is 89.7 Å². The van der Waals surface area contributed by atoms with Crippen LogP contribution in [-0.2, 0) is 11.3 Å².